The van der Waals surface area contributed by atoms with Crippen molar-refractivity contribution < 1.29 is 4.79 Å². The third kappa shape index (κ3) is 3.44. The Balaban J connectivity index is 1.73. The van der Waals surface area contributed by atoms with E-state index in [2.05, 4.69) is 19.2 Å². The van der Waals surface area contributed by atoms with E-state index in [0.717, 1.165) is 25.6 Å². The predicted octanol–water partition coefficient (Wildman–Crippen LogP) is 2.37. The Morgan fingerprint density at radius 2 is 2.06 bits per heavy atom. The first-order valence-corrected chi connectivity index (χ1v) is 7.19. The quantitative estimate of drug-likeness (QED) is 0.797. The summed E-state index contributed by atoms with van der Waals surface area (Å²) < 4.78 is 0. The van der Waals surface area contributed by atoms with Crippen LogP contribution in [0.5, 0.6) is 0 Å². The minimum absolute atomic E-state index is 0.0820. The fourth-order valence-electron chi connectivity index (χ4n) is 3.09. The molecule has 1 N–H and O–H groups in total. The molecule has 1 unspecified atom stereocenters. The largest absolute Gasteiger partial charge is 0.329 e. The number of rotatable bonds is 5. The summed E-state index contributed by atoms with van der Waals surface area (Å²) in [5.41, 5.74) is 0. The van der Waals surface area contributed by atoms with Crippen molar-refractivity contribution >= 4 is 5.91 Å². The smallest absolute Gasteiger partial charge is 0.240 e. The summed E-state index contributed by atoms with van der Waals surface area (Å²) in [6.07, 6.45) is 7.73. The Hall–Kier alpha value is -0.570. The lowest BCUT2D eigenvalue weighted by Crippen LogP contribution is -2.32. The lowest BCUT2D eigenvalue weighted by molar-refractivity contribution is -0.129. The molecule has 0 bridgehead atoms. The lowest BCUT2D eigenvalue weighted by Gasteiger charge is -2.18. The monoisotopic (exact) mass is 238 g/mol. The second kappa shape index (κ2) is 5.85. The van der Waals surface area contributed by atoms with Gasteiger partial charge in [-0.25, -0.2) is 0 Å². The van der Waals surface area contributed by atoms with Crippen molar-refractivity contribution in [3.8, 4) is 0 Å². The highest BCUT2D eigenvalue weighted by molar-refractivity contribution is 5.83. The van der Waals surface area contributed by atoms with Crippen molar-refractivity contribution in [1.29, 1.82) is 0 Å². The number of amides is 1. The van der Waals surface area contributed by atoms with Crippen molar-refractivity contribution in [2.24, 2.45) is 11.8 Å². The van der Waals surface area contributed by atoms with Gasteiger partial charge in [0.1, 0.15) is 0 Å². The average Bonchev–Trinajstić information content (AvgIpc) is 2.88. The summed E-state index contributed by atoms with van der Waals surface area (Å²) in [6.45, 7) is 6.08. The third-order valence-electron chi connectivity index (χ3n) is 4.13. The molecule has 2 fully saturated rings. The molecule has 98 valence electrons. The van der Waals surface area contributed by atoms with Crippen LogP contribution in [-0.4, -0.2) is 30.1 Å². The van der Waals surface area contributed by atoms with E-state index < -0.39 is 0 Å². The molecule has 1 atom stereocenters. The van der Waals surface area contributed by atoms with Crippen LogP contribution in [0.2, 0.25) is 0 Å². The number of carbonyl (C=O) groups is 1. The molecule has 0 aromatic heterocycles. The maximum absolute atomic E-state index is 12.1. The highest BCUT2D eigenvalue weighted by atomic mass is 16.2. The van der Waals surface area contributed by atoms with Crippen molar-refractivity contribution in [2.75, 3.05) is 13.2 Å². The van der Waals surface area contributed by atoms with Crippen LogP contribution in [0.4, 0.5) is 0 Å². The molecule has 1 aliphatic heterocycles. The highest BCUT2D eigenvalue weighted by Gasteiger charge is 2.31. The Kier molecular flexibility index (Phi) is 4.43. The number of hydrogen-bond acceptors (Lipinski definition) is 2. The molecule has 3 nitrogen and oxygen atoms in total. The highest BCUT2D eigenvalue weighted by Crippen LogP contribution is 2.28. The fourth-order valence-corrected chi connectivity index (χ4v) is 3.09. The van der Waals surface area contributed by atoms with E-state index >= 15 is 0 Å². The van der Waals surface area contributed by atoms with Crippen LogP contribution in [-0.2, 0) is 4.79 Å². The fraction of sp³-hybridized carbons (Fsp3) is 0.929. The van der Waals surface area contributed by atoms with Gasteiger partial charge in [-0.2, -0.15) is 0 Å². The van der Waals surface area contributed by atoms with E-state index in [4.69, 9.17) is 0 Å². The van der Waals surface area contributed by atoms with Gasteiger partial charge in [0.15, 0.2) is 0 Å². The van der Waals surface area contributed by atoms with Crippen molar-refractivity contribution in [3.63, 3.8) is 0 Å². The minimum Gasteiger partial charge on any atom is -0.329 e. The van der Waals surface area contributed by atoms with Crippen LogP contribution in [0.1, 0.15) is 52.4 Å². The van der Waals surface area contributed by atoms with Gasteiger partial charge in [-0.3, -0.25) is 10.1 Å². The van der Waals surface area contributed by atoms with Gasteiger partial charge in [0.25, 0.3) is 0 Å². The number of carbonyl (C=O) groups excluding carboxylic acids is 1. The Labute approximate surface area is 105 Å². The summed E-state index contributed by atoms with van der Waals surface area (Å²) in [5, 5.41) is 3.34. The zero-order valence-corrected chi connectivity index (χ0v) is 11.2. The van der Waals surface area contributed by atoms with E-state index in [1.54, 1.807) is 0 Å². The maximum atomic E-state index is 12.1. The standard InChI is InChI=1S/C14H26N2O/c1-11(2)9-13-14(17)16(10-15-13)8-7-12-5-3-4-6-12/h11-13,15H,3-10H2,1-2H3. The van der Waals surface area contributed by atoms with Crippen molar-refractivity contribution in [3.05, 3.63) is 0 Å². The SMILES string of the molecule is CC(C)CC1NCN(CCC2CCCC2)C1=O. The Morgan fingerprint density at radius 3 is 2.71 bits per heavy atom. The first kappa shape index (κ1) is 12.9. The lowest BCUT2D eigenvalue weighted by atomic mass is 10.0. The Bertz CT molecular complexity index is 259. The van der Waals surface area contributed by atoms with Gasteiger partial charge in [0.05, 0.1) is 12.7 Å². The molecule has 17 heavy (non-hydrogen) atoms. The Morgan fingerprint density at radius 1 is 1.35 bits per heavy atom. The van der Waals surface area contributed by atoms with Crippen LogP contribution in [0.25, 0.3) is 0 Å². The van der Waals surface area contributed by atoms with Gasteiger partial charge in [0.2, 0.25) is 5.91 Å². The summed E-state index contributed by atoms with van der Waals surface area (Å²) in [4.78, 5) is 14.1. The van der Waals surface area contributed by atoms with Crippen molar-refractivity contribution in [2.45, 2.75) is 58.4 Å². The first-order chi connectivity index (χ1) is 8.16. The molecule has 1 aliphatic carbocycles. The zero-order valence-electron chi connectivity index (χ0n) is 11.2. The molecule has 1 saturated heterocycles. The number of nitrogens with one attached hydrogen (secondary N) is 1. The molecule has 1 saturated carbocycles. The molecule has 1 heterocycles. The van der Waals surface area contributed by atoms with Crippen LogP contribution in [0, 0.1) is 11.8 Å². The topological polar surface area (TPSA) is 32.3 Å². The molecule has 2 aliphatic rings. The predicted molar refractivity (Wildman–Crippen MR) is 69.5 cm³/mol. The molecular formula is C14H26N2O. The number of nitrogens with zero attached hydrogens (tertiary/aromatic N) is 1. The van der Waals surface area contributed by atoms with E-state index in [1.165, 1.54) is 32.1 Å². The summed E-state index contributed by atoms with van der Waals surface area (Å²) in [6, 6.07) is 0.0820. The normalized spacial score (nSPS) is 26.4. The molecule has 2 rings (SSSR count). The van der Waals surface area contributed by atoms with Crippen LogP contribution >= 0.6 is 0 Å². The average molecular weight is 238 g/mol. The first-order valence-electron chi connectivity index (χ1n) is 7.19. The molecule has 0 aromatic carbocycles. The van der Waals surface area contributed by atoms with Gasteiger partial charge in [-0.15, -0.1) is 0 Å². The second-order valence-corrected chi connectivity index (χ2v) is 6.09. The van der Waals surface area contributed by atoms with Crippen LogP contribution in [0.15, 0.2) is 0 Å². The van der Waals surface area contributed by atoms with Gasteiger partial charge in [0, 0.05) is 6.54 Å². The van der Waals surface area contributed by atoms with E-state index in [1.807, 2.05) is 4.90 Å². The molecule has 0 aromatic rings. The van der Waals surface area contributed by atoms with Gasteiger partial charge >= 0.3 is 0 Å². The summed E-state index contributed by atoms with van der Waals surface area (Å²) in [7, 11) is 0. The molecule has 1 amide bonds. The summed E-state index contributed by atoms with van der Waals surface area (Å²) in [5.74, 6) is 1.80. The number of hydrogen-bond donors (Lipinski definition) is 1. The molecule has 0 radical (unpaired) electrons. The van der Waals surface area contributed by atoms with E-state index in [0.29, 0.717) is 11.8 Å². The molecule has 3 heteroatoms. The minimum atomic E-state index is 0.0820. The van der Waals surface area contributed by atoms with Crippen molar-refractivity contribution in [1.82, 2.24) is 10.2 Å². The van der Waals surface area contributed by atoms with E-state index in [-0.39, 0.29) is 6.04 Å². The maximum Gasteiger partial charge on any atom is 0.240 e. The summed E-state index contributed by atoms with van der Waals surface area (Å²) >= 11 is 0. The second-order valence-electron chi connectivity index (χ2n) is 6.09. The van der Waals surface area contributed by atoms with E-state index in [9.17, 15) is 4.79 Å². The van der Waals surface area contributed by atoms with Gasteiger partial charge in [-0.05, 0) is 24.7 Å². The van der Waals surface area contributed by atoms with Gasteiger partial charge in [-0.1, -0.05) is 39.5 Å². The van der Waals surface area contributed by atoms with Crippen LogP contribution < -0.4 is 5.32 Å². The van der Waals surface area contributed by atoms with Gasteiger partial charge < -0.3 is 4.90 Å². The van der Waals surface area contributed by atoms with Crippen LogP contribution in [0.3, 0.4) is 0 Å². The molecule has 0 spiro atoms. The zero-order chi connectivity index (χ0) is 12.3. The third-order valence-corrected chi connectivity index (χ3v) is 4.13. The molecular weight excluding hydrogens is 212 g/mol.